The van der Waals surface area contributed by atoms with Crippen molar-refractivity contribution in [3.63, 3.8) is 0 Å². The number of nitrogens with one attached hydrogen (secondary N) is 1. The van der Waals surface area contributed by atoms with Crippen LogP contribution in [0.3, 0.4) is 0 Å². The van der Waals surface area contributed by atoms with Crippen molar-refractivity contribution in [3.05, 3.63) is 22.7 Å². The smallest absolute Gasteiger partial charge is 0.293 e. The van der Waals surface area contributed by atoms with Crippen LogP contribution in [0.2, 0.25) is 0 Å². The van der Waals surface area contributed by atoms with E-state index in [9.17, 15) is 4.79 Å². The van der Waals surface area contributed by atoms with Gasteiger partial charge in [0.15, 0.2) is 5.82 Å². The van der Waals surface area contributed by atoms with Crippen LogP contribution in [0.25, 0.3) is 0 Å². The molecule has 1 rings (SSSR count). The molecule has 2 atom stereocenters. The highest BCUT2D eigenvalue weighted by atomic mass is 79.9. The number of alkyl halides is 1. The maximum Gasteiger partial charge on any atom is 0.293 e. The van der Waals surface area contributed by atoms with Gasteiger partial charge in [0.25, 0.3) is 5.56 Å². The summed E-state index contributed by atoms with van der Waals surface area (Å²) in [6.45, 7) is 6.78. The Balaban J connectivity index is 2.85. The minimum atomic E-state index is -0.0568. The normalized spacial score (nSPS) is 14.5. The number of anilines is 1. The van der Waals surface area contributed by atoms with Gasteiger partial charge in [-0.15, -0.1) is 0 Å². The zero-order valence-corrected chi connectivity index (χ0v) is 11.5. The zero-order chi connectivity index (χ0) is 12.1. The summed E-state index contributed by atoms with van der Waals surface area (Å²) < 4.78 is 1.64. The molecular formula is C11H18BrN3O. The van der Waals surface area contributed by atoms with E-state index in [0.717, 1.165) is 5.33 Å². The Labute approximate surface area is 104 Å². The van der Waals surface area contributed by atoms with Gasteiger partial charge in [0.1, 0.15) is 0 Å². The van der Waals surface area contributed by atoms with Crippen molar-refractivity contribution < 1.29 is 0 Å². The molecule has 0 aliphatic rings. The molecule has 1 heterocycles. The lowest BCUT2D eigenvalue weighted by molar-refractivity contribution is 0.568. The van der Waals surface area contributed by atoms with Gasteiger partial charge in [-0.3, -0.25) is 4.79 Å². The van der Waals surface area contributed by atoms with E-state index in [1.165, 1.54) is 0 Å². The molecule has 5 heteroatoms. The lowest BCUT2D eigenvalue weighted by Gasteiger charge is -2.19. The first kappa shape index (κ1) is 13.2. The van der Waals surface area contributed by atoms with Crippen LogP contribution in [0.5, 0.6) is 0 Å². The van der Waals surface area contributed by atoms with Gasteiger partial charge in [-0.05, 0) is 19.8 Å². The van der Waals surface area contributed by atoms with Crippen LogP contribution < -0.4 is 10.9 Å². The molecule has 0 saturated carbocycles. The van der Waals surface area contributed by atoms with Gasteiger partial charge in [-0.25, -0.2) is 4.98 Å². The van der Waals surface area contributed by atoms with Gasteiger partial charge in [0, 0.05) is 30.3 Å². The van der Waals surface area contributed by atoms with Crippen LogP contribution in [0.1, 0.15) is 20.8 Å². The second kappa shape index (κ2) is 6.03. The van der Waals surface area contributed by atoms with Crippen molar-refractivity contribution in [1.82, 2.24) is 9.55 Å². The standard InChI is InChI=1S/C11H18BrN3O/c1-4-15-6-5-13-10(11(15)16)14-9(3)8(2)7-12/h5-6,8-9H,4,7H2,1-3H3,(H,13,14). The molecule has 1 aromatic heterocycles. The largest absolute Gasteiger partial charge is 0.363 e. The minimum Gasteiger partial charge on any atom is -0.363 e. The van der Waals surface area contributed by atoms with Crippen molar-refractivity contribution in [3.8, 4) is 0 Å². The summed E-state index contributed by atoms with van der Waals surface area (Å²) in [6, 6.07) is 0.215. The third-order valence-electron chi connectivity index (χ3n) is 2.72. The molecule has 90 valence electrons. The van der Waals surface area contributed by atoms with E-state index < -0.39 is 0 Å². The van der Waals surface area contributed by atoms with E-state index >= 15 is 0 Å². The van der Waals surface area contributed by atoms with Crippen molar-refractivity contribution in [2.24, 2.45) is 5.92 Å². The molecule has 1 aromatic rings. The Morgan fingerprint density at radius 1 is 1.56 bits per heavy atom. The fourth-order valence-corrected chi connectivity index (χ4v) is 1.85. The molecule has 1 N–H and O–H groups in total. The maximum atomic E-state index is 11.9. The fraction of sp³-hybridized carbons (Fsp3) is 0.636. The third-order valence-corrected chi connectivity index (χ3v) is 3.74. The van der Waals surface area contributed by atoms with Gasteiger partial charge >= 0.3 is 0 Å². The molecular weight excluding hydrogens is 270 g/mol. The summed E-state index contributed by atoms with van der Waals surface area (Å²) in [5.41, 5.74) is -0.0568. The summed E-state index contributed by atoms with van der Waals surface area (Å²) in [5, 5.41) is 4.06. The Morgan fingerprint density at radius 2 is 2.25 bits per heavy atom. The maximum absolute atomic E-state index is 11.9. The van der Waals surface area contributed by atoms with Crippen molar-refractivity contribution in [2.45, 2.75) is 33.4 Å². The molecule has 2 unspecified atom stereocenters. The first-order valence-corrected chi connectivity index (χ1v) is 6.60. The molecule has 0 aliphatic carbocycles. The zero-order valence-electron chi connectivity index (χ0n) is 9.90. The van der Waals surface area contributed by atoms with Gasteiger partial charge in [0.2, 0.25) is 0 Å². The molecule has 0 radical (unpaired) electrons. The molecule has 4 nitrogen and oxygen atoms in total. The van der Waals surface area contributed by atoms with Gasteiger partial charge < -0.3 is 9.88 Å². The molecule has 0 aliphatic heterocycles. The van der Waals surface area contributed by atoms with E-state index in [1.807, 2.05) is 6.92 Å². The van der Waals surface area contributed by atoms with E-state index in [2.05, 4.69) is 40.1 Å². The highest BCUT2D eigenvalue weighted by molar-refractivity contribution is 9.09. The van der Waals surface area contributed by atoms with Crippen LogP contribution in [-0.4, -0.2) is 20.9 Å². The molecule has 0 bridgehead atoms. The van der Waals surface area contributed by atoms with Crippen LogP contribution >= 0.6 is 15.9 Å². The topological polar surface area (TPSA) is 46.9 Å². The average Bonchev–Trinajstić information content (AvgIpc) is 2.30. The summed E-state index contributed by atoms with van der Waals surface area (Å²) in [5.74, 6) is 0.876. The highest BCUT2D eigenvalue weighted by Crippen LogP contribution is 2.09. The van der Waals surface area contributed by atoms with E-state index in [0.29, 0.717) is 18.3 Å². The summed E-state index contributed by atoms with van der Waals surface area (Å²) in [4.78, 5) is 16.0. The predicted octanol–water partition coefficient (Wildman–Crippen LogP) is 2.09. The summed E-state index contributed by atoms with van der Waals surface area (Å²) >= 11 is 3.43. The monoisotopic (exact) mass is 287 g/mol. The minimum absolute atomic E-state index is 0.0568. The average molecular weight is 288 g/mol. The Hall–Kier alpha value is -0.840. The third kappa shape index (κ3) is 3.07. The molecule has 16 heavy (non-hydrogen) atoms. The highest BCUT2D eigenvalue weighted by Gasteiger charge is 2.13. The van der Waals surface area contributed by atoms with Crippen molar-refractivity contribution in [1.29, 1.82) is 0 Å². The first-order chi connectivity index (χ1) is 7.60. The van der Waals surface area contributed by atoms with Gasteiger partial charge in [-0.2, -0.15) is 0 Å². The van der Waals surface area contributed by atoms with Gasteiger partial charge in [0.05, 0.1) is 0 Å². The number of aryl methyl sites for hydroxylation is 1. The van der Waals surface area contributed by atoms with Crippen molar-refractivity contribution in [2.75, 3.05) is 10.6 Å². The Morgan fingerprint density at radius 3 is 2.81 bits per heavy atom. The SMILES string of the molecule is CCn1ccnc(NC(C)C(C)CBr)c1=O. The number of aromatic nitrogens is 2. The van der Waals surface area contributed by atoms with E-state index in [4.69, 9.17) is 0 Å². The second-order valence-electron chi connectivity index (χ2n) is 3.93. The van der Waals surface area contributed by atoms with Crippen LogP contribution in [0.4, 0.5) is 5.82 Å². The van der Waals surface area contributed by atoms with Crippen LogP contribution in [-0.2, 0) is 6.54 Å². The van der Waals surface area contributed by atoms with Crippen LogP contribution in [0, 0.1) is 5.92 Å². The quantitative estimate of drug-likeness (QED) is 0.844. The number of nitrogens with zero attached hydrogens (tertiary/aromatic N) is 2. The molecule has 0 fully saturated rings. The fourth-order valence-electron chi connectivity index (χ4n) is 1.29. The second-order valence-corrected chi connectivity index (χ2v) is 4.58. The molecule has 0 saturated heterocycles. The first-order valence-electron chi connectivity index (χ1n) is 5.48. The van der Waals surface area contributed by atoms with Crippen LogP contribution in [0.15, 0.2) is 17.2 Å². The van der Waals surface area contributed by atoms with Gasteiger partial charge in [-0.1, -0.05) is 22.9 Å². The Bertz CT molecular complexity index is 391. The number of halogens is 1. The summed E-state index contributed by atoms with van der Waals surface area (Å²) in [7, 11) is 0. The number of hydrogen-bond acceptors (Lipinski definition) is 3. The molecule has 0 amide bonds. The van der Waals surface area contributed by atoms with E-state index in [1.54, 1.807) is 17.0 Å². The molecule has 0 spiro atoms. The molecule has 0 aromatic carbocycles. The van der Waals surface area contributed by atoms with E-state index in [-0.39, 0.29) is 11.6 Å². The lowest BCUT2D eigenvalue weighted by Crippen LogP contribution is -2.31. The number of rotatable bonds is 5. The lowest BCUT2D eigenvalue weighted by atomic mass is 10.1. The number of hydrogen-bond donors (Lipinski definition) is 1. The van der Waals surface area contributed by atoms with Crippen molar-refractivity contribution >= 4 is 21.7 Å². The Kier molecular flexibility index (Phi) is 4.99. The summed E-state index contributed by atoms with van der Waals surface area (Å²) in [6.07, 6.45) is 3.35. The predicted molar refractivity (Wildman–Crippen MR) is 70.2 cm³/mol.